The molecule has 1 fully saturated rings. The summed E-state index contributed by atoms with van der Waals surface area (Å²) in [4.78, 5) is 27.9. The van der Waals surface area contributed by atoms with Gasteiger partial charge in [0.15, 0.2) is 29.3 Å². The van der Waals surface area contributed by atoms with E-state index in [1.165, 1.54) is 11.1 Å². The van der Waals surface area contributed by atoms with Crippen molar-refractivity contribution in [1.29, 1.82) is 0 Å². The zero-order valence-corrected chi connectivity index (χ0v) is 22.7. The molecule has 0 unspecified atom stereocenters. The lowest BCUT2D eigenvalue weighted by atomic mass is 10.1. The number of aryl methyl sites for hydroxylation is 2. The van der Waals surface area contributed by atoms with Crippen molar-refractivity contribution in [2.45, 2.75) is 63.7 Å². The maximum Gasteiger partial charge on any atom is 0.290 e. The Morgan fingerprint density at radius 1 is 1.12 bits per heavy atom. The fourth-order valence-corrected chi connectivity index (χ4v) is 4.38. The van der Waals surface area contributed by atoms with Crippen LogP contribution in [0.4, 0.5) is 11.8 Å². The van der Waals surface area contributed by atoms with E-state index in [-0.39, 0.29) is 18.3 Å². The van der Waals surface area contributed by atoms with Gasteiger partial charge in [-0.15, -0.1) is 10.2 Å². The second kappa shape index (κ2) is 12.8. The molecule has 0 saturated carbocycles. The summed E-state index contributed by atoms with van der Waals surface area (Å²) < 4.78 is 9.52. The molecule has 4 atom stereocenters. The van der Waals surface area contributed by atoms with Gasteiger partial charge < -0.3 is 35.3 Å². The summed E-state index contributed by atoms with van der Waals surface area (Å²) in [6.07, 6.45) is 3.33. The second-order valence-corrected chi connectivity index (χ2v) is 9.26. The van der Waals surface area contributed by atoms with Crippen LogP contribution in [0, 0.1) is 0 Å². The van der Waals surface area contributed by atoms with Crippen molar-refractivity contribution in [2.75, 3.05) is 17.2 Å². The van der Waals surface area contributed by atoms with Gasteiger partial charge in [-0.05, 0) is 18.1 Å². The maximum absolute atomic E-state index is 10.9. The van der Waals surface area contributed by atoms with E-state index in [1.807, 2.05) is 17.8 Å². The standard InChI is InChI=1S/C22H32N12O3.CH2O2/c1-5-12(6-2)26-18-14-20(28-22(27-18)23-8-7-13-9-32(3)10-24-13)34(11-25-14)21-16(36)15(35)17(37-21)19-29-31-33(4)30-19;2-1-3/h9-12,15-17,21,35-36H,5-8H2,1-4H3,(H2,23,26,27,28);1H,(H,2,3)/t15-,16+,17-,21+;/m0./s1. The van der Waals surface area contributed by atoms with Crippen LogP contribution in [0.3, 0.4) is 0 Å². The number of carbonyl (C=O) groups is 1. The van der Waals surface area contributed by atoms with Crippen molar-refractivity contribution in [3.8, 4) is 0 Å². The third-order valence-corrected chi connectivity index (χ3v) is 6.46. The number of nitrogens with one attached hydrogen (secondary N) is 2. The van der Waals surface area contributed by atoms with Crippen molar-refractivity contribution >= 4 is 29.4 Å². The minimum absolute atomic E-state index is 0.184. The lowest BCUT2D eigenvalue weighted by molar-refractivity contribution is -0.122. The molecule has 1 aliphatic rings. The second-order valence-electron chi connectivity index (χ2n) is 9.26. The molecular weight excluding hydrogens is 524 g/mol. The number of fused-ring (bicyclic) bond motifs is 1. The summed E-state index contributed by atoms with van der Waals surface area (Å²) in [5, 5.41) is 47.0. The van der Waals surface area contributed by atoms with Gasteiger partial charge in [-0.3, -0.25) is 9.36 Å². The number of hydrogen-bond donors (Lipinski definition) is 5. The molecule has 4 aromatic heterocycles. The van der Waals surface area contributed by atoms with Gasteiger partial charge in [0, 0.05) is 32.3 Å². The number of nitrogens with zero attached hydrogens (tertiary/aromatic N) is 10. The van der Waals surface area contributed by atoms with Crippen LogP contribution in [0.5, 0.6) is 0 Å². The van der Waals surface area contributed by atoms with Gasteiger partial charge in [0.2, 0.25) is 11.8 Å². The topological polar surface area (TPSA) is 216 Å². The molecule has 0 radical (unpaired) electrons. The number of ether oxygens (including phenoxy) is 1. The Morgan fingerprint density at radius 3 is 2.50 bits per heavy atom. The van der Waals surface area contributed by atoms with Gasteiger partial charge in [-0.1, -0.05) is 13.8 Å². The molecule has 17 nitrogen and oxygen atoms in total. The molecule has 216 valence electrons. The number of anilines is 2. The normalized spacial score (nSPS) is 20.5. The van der Waals surface area contributed by atoms with Crippen LogP contribution in [-0.4, -0.2) is 95.9 Å². The Bertz CT molecular complexity index is 1400. The maximum atomic E-state index is 10.9. The van der Waals surface area contributed by atoms with Gasteiger partial charge in [-0.2, -0.15) is 14.8 Å². The Labute approximate surface area is 229 Å². The fraction of sp³-hybridized carbons (Fsp3) is 0.565. The van der Waals surface area contributed by atoms with Crippen LogP contribution in [-0.2, 0) is 30.0 Å². The third kappa shape index (κ3) is 6.16. The highest BCUT2D eigenvalue weighted by Gasteiger charge is 2.47. The molecule has 0 aliphatic carbocycles. The molecular formula is C23H34N12O5. The summed E-state index contributed by atoms with van der Waals surface area (Å²) in [5.41, 5.74) is 1.94. The highest BCUT2D eigenvalue weighted by molar-refractivity contribution is 5.84. The Kier molecular flexibility index (Phi) is 9.18. The Balaban J connectivity index is 0.00000118. The summed E-state index contributed by atoms with van der Waals surface area (Å²) in [5.74, 6) is 1.17. The number of hydrogen-bond acceptors (Lipinski definition) is 13. The highest BCUT2D eigenvalue weighted by atomic mass is 16.6. The van der Waals surface area contributed by atoms with Crippen LogP contribution >= 0.6 is 0 Å². The first-order valence-electron chi connectivity index (χ1n) is 12.8. The number of aromatic nitrogens is 10. The number of imidazole rings is 2. The van der Waals surface area contributed by atoms with Crippen molar-refractivity contribution in [2.24, 2.45) is 14.1 Å². The van der Waals surface area contributed by atoms with Gasteiger partial charge in [0.25, 0.3) is 6.47 Å². The van der Waals surface area contributed by atoms with Crippen molar-refractivity contribution < 1.29 is 24.9 Å². The molecule has 1 aliphatic heterocycles. The zero-order valence-electron chi connectivity index (χ0n) is 22.7. The highest BCUT2D eigenvalue weighted by Crippen LogP contribution is 2.39. The van der Waals surface area contributed by atoms with Crippen molar-refractivity contribution in [1.82, 2.24) is 49.3 Å². The third-order valence-electron chi connectivity index (χ3n) is 6.46. The largest absolute Gasteiger partial charge is 0.483 e. The van der Waals surface area contributed by atoms with E-state index in [2.05, 4.69) is 54.8 Å². The first kappa shape index (κ1) is 28.8. The van der Waals surface area contributed by atoms with E-state index in [4.69, 9.17) is 19.6 Å². The quantitative estimate of drug-likeness (QED) is 0.162. The Hall–Kier alpha value is -4.22. The summed E-state index contributed by atoms with van der Waals surface area (Å²) in [6, 6.07) is 0.201. The molecule has 5 N–H and O–H groups in total. The molecule has 0 spiro atoms. The van der Waals surface area contributed by atoms with Crippen LogP contribution in [0.2, 0.25) is 0 Å². The minimum atomic E-state index is -1.27. The fourth-order valence-electron chi connectivity index (χ4n) is 4.38. The molecule has 0 bridgehead atoms. The molecule has 17 heteroatoms. The number of carboxylic acid groups (broad SMARTS) is 1. The van der Waals surface area contributed by atoms with Crippen molar-refractivity contribution in [3.05, 3.63) is 30.4 Å². The first-order chi connectivity index (χ1) is 19.3. The molecule has 4 aromatic rings. The molecule has 1 saturated heterocycles. The Morgan fingerprint density at radius 2 is 1.88 bits per heavy atom. The summed E-state index contributed by atoms with van der Waals surface area (Å²) in [7, 11) is 3.54. The van der Waals surface area contributed by atoms with E-state index < -0.39 is 24.5 Å². The van der Waals surface area contributed by atoms with E-state index in [1.54, 1.807) is 17.9 Å². The average molecular weight is 559 g/mol. The number of rotatable bonds is 10. The lowest BCUT2D eigenvalue weighted by Gasteiger charge is -2.18. The van der Waals surface area contributed by atoms with Crippen molar-refractivity contribution in [3.63, 3.8) is 0 Å². The van der Waals surface area contributed by atoms with Gasteiger partial charge in [0.05, 0.1) is 25.4 Å². The average Bonchev–Trinajstić information content (AvgIpc) is 3.72. The van der Waals surface area contributed by atoms with Crippen LogP contribution < -0.4 is 10.6 Å². The van der Waals surface area contributed by atoms with E-state index in [0.717, 1.165) is 18.5 Å². The van der Waals surface area contributed by atoms with Gasteiger partial charge in [0.1, 0.15) is 12.2 Å². The van der Waals surface area contributed by atoms with Crippen LogP contribution in [0.1, 0.15) is 50.5 Å². The molecule has 5 rings (SSSR count). The SMILES string of the molecule is CCC(CC)Nc1nc(NCCc2cn(C)cn2)nc2c1ncn2[C@@H]1O[C@H](c2nnn(C)n2)[C@@H](O)[C@H]1O.O=CO. The van der Waals surface area contributed by atoms with E-state index >= 15 is 0 Å². The van der Waals surface area contributed by atoms with Crippen LogP contribution in [0.15, 0.2) is 18.9 Å². The first-order valence-corrected chi connectivity index (χ1v) is 12.8. The summed E-state index contributed by atoms with van der Waals surface area (Å²) in [6.45, 7) is 4.53. The monoisotopic (exact) mass is 558 g/mol. The molecule has 0 amide bonds. The smallest absolute Gasteiger partial charge is 0.290 e. The van der Waals surface area contributed by atoms with Crippen LogP contribution in [0.25, 0.3) is 11.2 Å². The number of aliphatic hydroxyl groups is 2. The van der Waals surface area contributed by atoms with Gasteiger partial charge >= 0.3 is 0 Å². The predicted octanol–water partition coefficient (Wildman–Crippen LogP) is 0.0311. The number of aliphatic hydroxyl groups excluding tert-OH is 2. The van der Waals surface area contributed by atoms with Gasteiger partial charge in [-0.25, -0.2) is 9.97 Å². The zero-order chi connectivity index (χ0) is 28.8. The van der Waals surface area contributed by atoms with E-state index in [9.17, 15) is 10.2 Å². The molecule has 5 heterocycles. The number of tetrazole rings is 1. The minimum Gasteiger partial charge on any atom is -0.483 e. The predicted molar refractivity (Wildman–Crippen MR) is 141 cm³/mol. The van der Waals surface area contributed by atoms with E-state index in [0.29, 0.717) is 35.9 Å². The molecule has 40 heavy (non-hydrogen) atoms. The summed E-state index contributed by atoms with van der Waals surface area (Å²) >= 11 is 0. The lowest BCUT2D eigenvalue weighted by Crippen LogP contribution is -2.29. The molecule has 0 aromatic carbocycles.